The number of carbonyl (C=O) groups is 2. The SMILES string of the molecule is CCC(C)c1ccccc1NC(=O)c1cccc(NC(C)=O)c1. The second-order valence-corrected chi connectivity index (χ2v) is 5.61. The third kappa shape index (κ3) is 4.42. The first-order chi connectivity index (χ1) is 11.0. The largest absolute Gasteiger partial charge is 0.326 e. The van der Waals surface area contributed by atoms with E-state index in [2.05, 4.69) is 24.5 Å². The fourth-order valence-corrected chi connectivity index (χ4v) is 2.40. The van der Waals surface area contributed by atoms with Gasteiger partial charge in [0.25, 0.3) is 5.91 Å². The number of hydrogen-bond donors (Lipinski definition) is 2. The van der Waals surface area contributed by atoms with Crippen LogP contribution in [-0.4, -0.2) is 11.8 Å². The summed E-state index contributed by atoms with van der Waals surface area (Å²) < 4.78 is 0. The number of hydrogen-bond acceptors (Lipinski definition) is 2. The summed E-state index contributed by atoms with van der Waals surface area (Å²) in [4.78, 5) is 23.6. The van der Waals surface area contributed by atoms with Crippen molar-refractivity contribution in [3.63, 3.8) is 0 Å². The lowest BCUT2D eigenvalue weighted by atomic mass is 9.97. The maximum atomic E-state index is 12.5. The fraction of sp³-hybridized carbons (Fsp3) is 0.263. The predicted octanol–water partition coefficient (Wildman–Crippen LogP) is 4.41. The summed E-state index contributed by atoms with van der Waals surface area (Å²) in [6.07, 6.45) is 1.00. The molecule has 2 N–H and O–H groups in total. The van der Waals surface area contributed by atoms with E-state index in [0.29, 0.717) is 17.2 Å². The van der Waals surface area contributed by atoms with Crippen molar-refractivity contribution in [2.75, 3.05) is 10.6 Å². The summed E-state index contributed by atoms with van der Waals surface area (Å²) in [6.45, 7) is 5.71. The van der Waals surface area contributed by atoms with Crippen LogP contribution in [0.1, 0.15) is 49.0 Å². The van der Waals surface area contributed by atoms with Crippen LogP contribution in [0, 0.1) is 0 Å². The number of nitrogens with one attached hydrogen (secondary N) is 2. The van der Waals surface area contributed by atoms with Gasteiger partial charge in [-0.25, -0.2) is 0 Å². The van der Waals surface area contributed by atoms with Gasteiger partial charge in [-0.05, 0) is 42.2 Å². The molecule has 0 heterocycles. The number of para-hydroxylation sites is 1. The van der Waals surface area contributed by atoms with Crippen LogP contribution >= 0.6 is 0 Å². The van der Waals surface area contributed by atoms with Crippen LogP contribution < -0.4 is 10.6 Å². The molecule has 0 spiro atoms. The van der Waals surface area contributed by atoms with E-state index < -0.39 is 0 Å². The van der Waals surface area contributed by atoms with Crippen LogP contribution in [0.15, 0.2) is 48.5 Å². The smallest absolute Gasteiger partial charge is 0.255 e. The molecule has 120 valence electrons. The average molecular weight is 310 g/mol. The number of benzene rings is 2. The summed E-state index contributed by atoms with van der Waals surface area (Å²) in [5.74, 6) is 0.0230. The highest BCUT2D eigenvalue weighted by Crippen LogP contribution is 2.27. The van der Waals surface area contributed by atoms with Crippen molar-refractivity contribution < 1.29 is 9.59 Å². The van der Waals surface area contributed by atoms with Gasteiger partial charge in [-0.15, -0.1) is 0 Å². The van der Waals surface area contributed by atoms with Crippen LogP contribution in [0.25, 0.3) is 0 Å². The molecule has 1 atom stereocenters. The molecule has 2 amide bonds. The van der Waals surface area contributed by atoms with E-state index in [1.54, 1.807) is 24.3 Å². The van der Waals surface area contributed by atoms with Crippen LogP contribution in [0.4, 0.5) is 11.4 Å². The minimum absolute atomic E-state index is 0.162. The van der Waals surface area contributed by atoms with Crippen LogP contribution in [0.5, 0.6) is 0 Å². The monoisotopic (exact) mass is 310 g/mol. The third-order valence-electron chi connectivity index (χ3n) is 3.80. The second-order valence-electron chi connectivity index (χ2n) is 5.61. The first-order valence-corrected chi connectivity index (χ1v) is 7.79. The van der Waals surface area contributed by atoms with E-state index in [0.717, 1.165) is 17.7 Å². The standard InChI is InChI=1S/C19H22N2O2/c1-4-13(2)17-10-5-6-11-18(17)21-19(23)15-8-7-9-16(12-15)20-14(3)22/h5-13H,4H2,1-3H3,(H,20,22)(H,21,23). The number of amides is 2. The zero-order valence-electron chi connectivity index (χ0n) is 13.7. The Balaban J connectivity index is 2.21. The van der Waals surface area contributed by atoms with E-state index in [-0.39, 0.29) is 11.8 Å². The number of rotatable bonds is 5. The van der Waals surface area contributed by atoms with Crippen molar-refractivity contribution in [1.29, 1.82) is 0 Å². The van der Waals surface area contributed by atoms with Crippen molar-refractivity contribution in [2.45, 2.75) is 33.1 Å². The molecule has 0 radical (unpaired) electrons. The maximum Gasteiger partial charge on any atom is 0.255 e. The molecule has 0 aliphatic rings. The molecule has 4 heteroatoms. The Morgan fingerprint density at radius 3 is 2.48 bits per heavy atom. The first-order valence-electron chi connectivity index (χ1n) is 7.79. The molecule has 0 aliphatic heterocycles. The van der Waals surface area contributed by atoms with E-state index >= 15 is 0 Å². The van der Waals surface area contributed by atoms with E-state index in [1.165, 1.54) is 6.92 Å². The molecule has 2 rings (SSSR count). The molecule has 4 nitrogen and oxygen atoms in total. The highest BCUT2D eigenvalue weighted by atomic mass is 16.2. The van der Waals surface area contributed by atoms with Crippen LogP contribution in [-0.2, 0) is 4.79 Å². The molecule has 1 unspecified atom stereocenters. The van der Waals surface area contributed by atoms with Crippen LogP contribution in [0.2, 0.25) is 0 Å². The summed E-state index contributed by atoms with van der Waals surface area (Å²) in [6, 6.07) is 14.7. The summed E-state index contributed by atoms with van der Waals surface area (Å²) >= 11 is 0. The quantitative estimate of drug-likeness (QED) is 0.859. The topological polar surface area (TPSA) is 58.2 Å². The second kappa shape index (κ2) is 7.58. The lowest BCUT2D eigenvalue weighted by Crippen LogP contribution is -2.14. The Morgan fingerprint density at radius 1 is 1.04 bits per heavy atom. The first kappa shape index (κ1) is 16.7. The van der Waals surface area contributed by atoms with E-state index in [4.69, 9.17) is 0 Å². The van der Waals surface area contributed by atoms with Gasteiger partial charge < -0.3 is 10.6 Å². The van der Waals surface area contributed by atoms with Gasteiger partial charge in [0.2, 0.25) is 5.91 Å². The van der Waals surface area contributed by atoms with E-state index in [1.807, 2.05) is 24.3 Å². The zero-order valence-corrected chi connectivity index (χ0v) is 13.7. The van der Waals surface area contributed by atoms with Crippen molar-refractivity contribution in [1.82, 2.24) is 0 Å². The van der Waals surface area contributed by atoms with E-state index in [9.17, 15) is 9.59 Å². The Bertz CT molecular complexity index is 710. The van der Waals surface area contributed by atoms with Crippen molar-refractivity contribution in [3.05, 3.63) is 59.7 Å². The molecule has 0 aliphatic carbocycles. The van der Waals surface area contributed by atoms with Gasteiger partial charge in [-0.3, -0.25) is 9.59 Å². The van der Waals surface area contributed by atoms with Crippen molar-refractivity contribution in [3.8, 4) is 0 Å². The Hall–Kier alpha value is -2.62. The van der Waals surface area contributed by atoms with Crippen molar-refractivity contribution >= 4 is 23.2 Å². The van der Waals surface area contributed by atoms with Gasteiger partial charge in [-0.2, -0.15) is 0 Å². The molecule has 0 saturated heterocycles. The van der Waals surface area contributed by atoms with Crippen LogP contribution in [0.3, 0.4) is 0 Å². The normalized spacial score (nSPS) is 11.6. The molecular weight excluding hydrogens is 288 g/mol. The molecular formula is C19H22N2O2. The van der Waals surface area contributed by atoms with Gasteiger partial charge >= 0.3 is 0 Å². The predicted molar refractivity (Wildman–Crippen MR) is 93.8 cm³/mol. The average Bonchev–Trinajstić information content (AvgIpc) is 2.54. The lowest BCUT2D eigenvalue weighted by Gasteiger charge is -2.16. The highest BCUT2D eigenvalue weighted by molar-refractivity contribution is 6.05. The molecule has 2 aromatic rings. The Kier molecular flexibility index (Phi) is 5.52. The minimum atomic E-state index is -0.187. The Labute approximate surface area is 136 Å². The number of carbonyl (C=O) groups excluding carboxylic acids is 2. The maximum absolute atomic E-state index is 12.5. The van der Waals surface area contributed by atoms with Gasteiger partial charge in [0, 0.05) is 23.9 Å². The lowest BCUT2D eigenvalue weighted by molar-refractivity contribution is -0.114. The minimum Gasteiger partial charge on any atom is -0.326 e. The number of anilines is 2. The van der Waals surface area contributed by atoms with Gasteiger partial charge in [0.1, 0.15) is 0 Å². The zero-order chi connectivity index (χ0) is 16.8. The molecule has 0 bridgehead atoms. The summed E-state index contributed by atoms with van der Waals surface area (Å²) in [5, 5.41) is 5.65. The van der Waals surface area contributed by atoms with Gasteiger partial charge in [0.05, 0.1) is 0 Å². The third-order valence-corrected chi connectivity index (χ3v) is 3.80. The highest BCUT2D eigenvalue weighted by Gasteiger charge is 2.12. The molecule has 0 aromatic heterocycles. The summed E-state index contributed by atoms with van der Waals surface area (Å²) in [5.41, 5.74) is 3.08. The van der Waals surface area contributed by atoms with Gasteiger partial charge in [0.15, 0.2) is 0 Å². The summed E-state index contributed by atoms with van der Waals surface area (Å²) in [7, 11) is 0. The molecule has 0 saturated carbocycles. The van der Waals surface area contributed by atoms with Crippen molar-refractivity contribution in [2.24, 2.45) is 0 Å². The fourth-order valence-electron chi connectivity index (χ4n) is 2.40. The molecule has 2 aromatic carbocycles. The Morgan fingerprint density at radius 2 is 1.78 bits per heavy atom. The molecule has 23 heavy (non-hydrogen) atoms. The molecule has 0 fully saturated rings. The van der Waals surface area contributed by atoms with Gasteiger partial charge in [-0.1, -0.05) is 38.1 Å².